The summed E-state index contributed by atoms with van der Waals surface area (Å²) >= 11 is 0. The predicted octanol–water partition coefficient (Wildman–Crippen LogP) is 3.17. The van der Waals surface area contributed by atoms with Crippen LogP contribution < -0.4 is 10.1 Å². The van der Waals surface area contributed by atoms with Gasteiger partial charge >= 0.3 is 5.97 Å². The minimum atomic E-state index is -0.635. The van der Waals surface area contributed by atoms with Gasteiger partial charge in [-0.1, -0.05) is 30.3 Å². The summed E-state index contributed by atoms with van der Waals surface area (Å²) in [5.74, 6) is -1.18. The quantitative estimate of drug-likeness (QED) is 0.470. The number of hydrogen-bond donors (Lipinski definition) is 2. The molecule has 1 amide bonds. The number of Topliss-reactive ketones (excluding diaryl/α,β-unsaturated/α-hetero) is 1. The Morgan fingerprint density at radius 2 is 1.79 bits per heavy atom. The van der Waals surface area contributed by atoms with Crippen molar-refractivity contribution in [3.63, 3.8) is 0 Å². The summed E-state index contributed by atoms with van der Waals surface area (Å²) in [7, 11) is 0. The van der Waals surface area contributed by atoms with E-state index in [-0.39, 0.29) is 36.2 Å². The number of rotatable bonds is 10. The molecule has 0 aliphatic heterocycles. The molecule has 0 radical (unpaired) electrons. The first-order valence-corrected chi connectivity index (χ1v) is 9.39. The number of esters is 1. The molecule has 0 unspecified atom stereocenters. The van der Waals surface area contributed by atoms with Crippen molar-refractivity contribution in [2.75, 3.05) is 13.2 Å². The Kier molecular flexibility index (Phi) is 8.21. The normalized spacial score (nSPS) is 11.4. The van der Waals surface area contributed by atoms with E-state index in [1.807, 2.05) is 37.3 Å². The van der Waals surface area contributed by atoms with Crippen LogP contribution in [-0.4, -0.2) is 36.0 Å². The first-order chi connectivity index (χ1) is 13.9. The van der Waals surface area contributed by atoms with Crippen LogP contribution in [0.4, 0.5) is 0 Å². The van der Waals surface area contributed by atoms with E-state index in [0.29, 0.717) is 12.2 Å². The molecule has 0 aliphatic carbocycles. The molecule has 2 N–H and O–H groups in total. The Labute approximate surface area is 169 Å². The van der Waals surface area contributed by atoms with Crippen molar-refractivity contribution in [2.24, 2.45) is 0 Å². The van der Waals surface area contributed by atoms with Gasteiger partial charge in [-0.15, -0.1) is 0 Å². The Hall–Kier alpha value is -3.35. The van der Waals surface area contributed by atoms with Gasteiger partial charge in [0.1, 0.15) is 0 Å². The van der Waals surface area contributed by atoms with Gasteiger partial charge in [-0.2, -0.15) is 0 Å². The standard InChI is InChI=1S/C22H25NO6/c1-3-28-20-13-17(9-10-19(20)25)18(24)11-12-22(27)29-14-21(26)23-15(2)16-7-5-4-6-8-16/h4-10,13,15,25H,3,11-12,14H2,1-2H3,(H,23,26)/t15-/m1/s1. The number of ether oxygens (including phenoxy) is 2. The zero-order chi connectivity index (χ0) is 21.2. The molecule has 2 aromatic carbocycles. The second-order valence-corrected chi connectivity index (χ2v) is 6.40. The van der Waals surface area contributed by atoms with Crippen LogP contribution in [0, 0.1) is 0 Å². The highest BCUT2D eigenvalue weighted by molar-refractivity contribution is 5.98. The number of phenolic OH excluding ortho intramolecular Hbond substituents is 1. The van der Waals surface area contributed by atoms with Gasteiger partial charge in [0.2, 0.25) is 0 Å². The lowest BCUT2D eigenvalue weighted by Gasteiger charge is -2.14. The molecule has 0 bridgehead atoms. The molecule has 7 heteroatoms. The number of carbonyl (C=O) groups excluding carboxylic acids is 3. The fourth-order valence-corrected chi connectivity index (χ4v) is 2.65. The molecule has 0 heterocycles. The van der Waals surface area contributed by atoms with Crippen LogP contribution in [0.15, 0.2) is 48.5 Å². The van der Waals surface area contributed by atoms with Gasteiger partial charge in [0.25, 0.3) is 5.91 Å². The first-order valence-electron chi connectivity index (χ1n) is 9.39. The minimum Gasteiger partial charge on any atom is -0.504 e. The number of benzene rings is 2. The van der Waals surface area contributed by atoms with Crippen LogP contribution in [0.25, 0.3) is 0 Å². The van der Waals surface area contributed by atoms with Gasteiger partial charge in [-0.05, 0) is 37.6 Å². The van der Waals surface area contributed by atoms with Crippen LogP contribution in [0.5, 0.6) is 11.5 Å². The summed E-state index contributed by atoms with van der Waals surface area (Å²) in [6.45, 7) is 3.54. The average Bonchev–Trinajstić information content (AvgIpc) is 2.72. The Bertz CT molecular complexity index is 850. The van der Waals surface area contributed by atoms with Crippen molar-refractivity contribution in [1.82, 2.24) is 5.32 Å². The predicted molar refractivity (Wildman–Crippen MR) is 107 cm³/mol. The van der Waals surface area contributed by atoms with Crippen molar-refractivity contribution in [3.05, 3.63) is 59.7 Å². The highest BCUT2D eigenvalue weighted by Gasteiger charge is 2.15. The summed E-state index contributed by atoms with van der Waals surface area (Å²) < 4.78 is 10.2. The van der Waals surface area contributed by atoms with Crippen molar-refractivity contribution in [3.8, 4) is 11.5 Å². The lowest BCUT2D eigenvalue weighted by atomic mass is 10.1. The van der Waals surface area contributed by atoms with Gasteiger partial charge in [-0.25, -0.2) is 0 Å². The summed E-state index contributed by atoms with van der Waals surface area (Å²) in [5, 5.41) is 12.4. The highest BCUT2D eigenvalue weighted by Crippen LogP contribution is 2.27. The van der Waals surface area contributed by atoms with E-state index >= 15 is 0 Å². The topological polar surface area (TPSA) is 102 Å². The molecule has 0 fully saturated rings. The van der Waals surface area contributed by atoms with Crippen LogP contribution in [0.2, 0.25) is 0 Å². The molecule has 2 aromatic rings. The average molecular weight is 399 g/mol. The van der Waals surface area contributed by atoms with E-state index in [0.717, 1.165) is 5.56 Å². The molecule has 0 saturated carbocycles. The van der Waals surface area contributed by atoms with Crippen LogP contribution in [0.3, 0.4) is 0 Å². The fraction of sp³-hybridized carbons (Fsp3) is 0.318. The van der Waals surface area contributed by atoms with E-state index < -0.39 is 18.5 Å². The molecule has 0 spiro atoms. The van der Waals surface area contributed by atoms with E-state index in [2.05, 4.69) is 5.32 Å². The van der Waals surface area contributed by atoms with E-state index in [4.69, 9.17) is 9.47 Å². The molecule has 0 saturated heterocycles. The molecule has 0 aliphatic rings. The second-order valence-electron chi connectivity index (χ2n) is 6.40. The lowest BCUT2D eigenvalue weighted by Crippen LogP contribution is -2.31. The zero-order valence-corrected chi connectivity index (χ0v) is 16.5. The van der Waals surface area contributed by atoms with Crippen molar-refractivity contribution in [2.45, 2.75) is 32.7 Å². The molecular formula is C22H25NO6. The fourth-order valence-electron chi connectivity index (χ4n) is 2.65. The van der Waals surface area contributed by atoms with E-state index in [1.165, 1.54) is 18.2 Å². The van der Waals surface area contributed by atoms with Gasteiger partial charge in [0, 0.05) is 12.0 Å². The Balaban J connectivity index is 1.76. The molecular weight excluding hydrogens is 374 g/mol. The zero-order valence-electron chi connectivity index (χ0n) is 16.5. The van der Waals surface area contributed by atoms with Crippen molar-refractivity contribution >= 4 is 17.7 Å². The number of carbonyl (C=O) groups is 3. The Morgan fingerprint density at radius 3 is 2.48 bits per heavy atom. The van der Waals surface area contributed by atoms with Crippen LogP contribution in [0.1, 0.15) is 48.7 Å². The molecule has 29 heavy (non-hydrogen) atoms. The lowest BCUT2D eigenvalue weighted by molar-refractivity contribution is -0.148. The third-order valence-corrected chi connectivity index (χ3v) is 4.18. The number of phenols is 1. The maximum Gasteiger partial charge on any atom is 0.306 e. The number of nitrogens with one attached hydrogen (secondary N) is 1. The maximum absolute atomic E-state index is 12.2. The smallest absolute Gasteiger partial charge is 0.306 e. The summed E-state index contributed by atoms with van der Waals surface area (Å²) in [4.78, 5) is 36.0. The highest BCUT2D eigenvalue weighted by atomic mass is 16.5. The van der Waals surface area contributed by atoms with Crippen LogP contribution >= 0.6 is 0 Å². The summed E-state index contributed by atoms with van der Waals surface area (Å²) in [6.07, 6.45) is -0.220. The SMILES string of the molecule is CCOc1cc(C(=O)CCC(=O)OCC(=O)N[C@H](C)c2ccccc2)ccc1O. The third kappa shape index (κ3) is 6.95. The Morgan fingerprint density at radius 1 is 1.07 bits per heavy atom. The van der Waals surface area contributed by atoms with Crippen LogP contribution in [-0.2, 0) is 14.3 Å². The largest absolute Gasteiger partial charge is 0.504 e. The van der Waals surface area contributed by atoms with Crippen molar-refractivity contribution in [1.29, 1.82) is 0 Å². The molecule has 0 aromatic heterocycles. The molecule has 7 nitrogen and oxygen atoms in total. The number of hydrogen-bond acceptors (Lipinski definition) is 6. The maximum atomic E-state index is 12.2. The molecule has 1 atom stereocenters. The van der Waals surface area contributed by atoms with E-state index in [9.17, 15) is 19.5 Å². The van der Waals surface area contributed by atoms with Gasteiger partial charge in [-0.3, -0.25) is 14.4 Å². The monoisotopic (exact) mass is 399 g/mol. The summed E-state index contributed by atoms with van der Waals surface area (Å²) in [5.41, 5.74) is 1.27. The van der Waals surface area contributed by atoms with Crippen molar-refractivity contribution < 1.29 is 29.0 Å². The van der Waals surface area contributed by atoms with Gasteiger partial charge in [0.15, 0.2) is 23.9 Å². The second kappa shape index (κ2) is 10.8. The van der Waals surface area contributed by atoms with Gasteiger partial charge < -0.3 is 19.9 Å². The molecule has 2 rings (SSSR count). The van der Waals surface area contributed by atoms with E-state index in [1.54, 1.807) is 6.92 Å². The minimum absolute atomic E-state index is 0.0569. The van der Waals surface area contributed by atoms with Gasteiger partial charge in [0.05, 0.1) is 19.1 Å². The first kappa shape index (κ1) is 21.9. The number of amides is 1. The summed E-state index contributed by atoms with van der Waals surface area (Å²) in [6, 6.07) is 13.5. The third-order valence-electron chi connectivity index (χ3n) is 4.18. The number of ketones is 1. The number of aromatic hydroxyl groups is 1. The molecule has 154 valence electrons.